The molecule has 2 aromatic heterocycles. The zero-order valence-corrected chi connectivity index (χ0v) is 11.8. The quantitative estimate of drug-likeness (QED) is 0.914. The van der Waals surface area contributed by atoms with Crippen LogP contribution in [0.25, 0.3) is 0 Å². The Bertz CT molecular complexity index is 629. The number of nitrogens with one attached hydrogen (secondary N) is 1. The first-order valence-corrected chi connectivity index (χ1v) is 6.84. The van der Waals surface area contributed by atoms with Crippen LogP contribution in [0.3, 0.4) is 0 Å². The maximum absolute atomic E-state index is 12.1. The molecule has 1 N–H and O–H groups in total. The molecule has 0 saturated heterocycles. The number of aromatic nitrogens is 3. The van der Waals surface area contributed by atoms with Gasteiger partial charge in [0, 0.05) is 18.8 Å². The largest absolute Gasteiger partial charge is 0.361 e. The van der Waals surface area contributed by atoms with Crippen LogP contribution in [-0.4, -0.2) is 33.2 Å². The molecule has 3 rings (SSSR count). The Hall–Kier alpha value is -2.11. The molecule has 6 heteroatoms. The third-order valence-corrected chi connectivity index (χ3v) is 3.71. The van der Waals surface area contributed by atoms with E-state index in [-0.39, 0.29) is 12.3 Å². The number of carbonyl (C=O) groups excluding carboxylic acids is 1. The fraction of sp³-hybridized carbons (Fsp3) is 0.500. The van der Waals surface area contributed by atoms with Crippen LogP contribution in [0.2, 0.25) is 0 Å². The van der Waals surface area contributed by atoms with Crippen molar-refractivity contribution < 1.29 is 9.32 Å². The van der Waals surface area contributed by atoms with Gasteiger partial charge in [0.15, 0.2) is 0 Å². The van der Waals surface area contributed by atoms with Gasteiger partial charge in [0.25, 0.3) is 0 Å². The van der Waals surface area contributed by atoms with Gasteiger partial charge in [0.2, 0.25) is 5.91 Å². The number of carbonyl (C=O) groups is 1. The minimum Gasteiger partial charge on any atom is -0.361 e. The number of aryl methyl sites for hydroxylation is 2. The second kappa shape index (κ2) is 5.11. The van der Waals surface area contributed by atoms with Gasteiger partial charge in [-0.15, -0.1) is 0 Å². The molecule has 0 atom stereocenters. The summed E-state index contributed by atoms with van der Waals surface area (Å²) in [5, 5.41) is 11.2. The van der Waals surface area contributed by atoms with Crippen LogP contribution in [0.1, 0.15) is 34.8 Å². The molecule has 0 bridgehead atoms. The van der Waals surface area contributed by atoms with E-state index in [1.165, 1.54) is 17.7 Å². The van der Waals surface area contributed by atoms with Gasteiger partial charge < -0.3 is 9.42 Å². The lowest BCUT2D eigenvalue weighted by Gasteiger charge is -2.15. The zero-order valence-electron chi connectivity index (χ0n) is 11.8. The minimum atomic E-state index is 0.0101. The molecule has 0 radical (unpaired) electrons. The SMILES string of the molecule is Cc1cc(CC(=O)N(C)Cc2n[nH]c3c2CCC3)on1. The van der Waals surface area contributed by atoms with E-state index in [4.69, 9.17) is 4.52 Å². The Labute approximate surface area is 117 Å². The summed E-state index contributed by atoms with van der Waals surface area (Å²) in [6, 6.07) is 1.79. The summed E-state index contributed by atoms with van der Waals surface area (Å²) in [5.41, 5.74) is 4.30. The van der Waals surface area contributed by atoms with Crippen molar-refractivity contribution >= 4 is 5.91 Å². The van der Waals surface area contributed by atoms with Gasteiger partial charge >= 0.3 is 0 Å². The molecule has 0 spiro atoms. The molecule has 1 aliphatic rings. The van der Waals surface area contributed by atoms with Crippen molar-refractivity contribution in [2.24, 2.45) is 0 Å². The van der Waals surface area contributed by atoms with Crippen LogP contribution in [0, 0.1) is 6.92 Å². The van der Waals surface area contributed by atoms with E-state index in [2.05, 4.69) is 15.4 Å². The van der Waals surface area contributed by atoms with Crippen LogP contribution in [0.4, 0.5) is 0 Å². The standard InChI is InChI=1S/C14H18N4O2/c1-9-6-10(20-17-9)7-14(19)18(2)8-13-11-4-3-5-12(11)15-16-13/h6H,3-5,7-8H2,1-2H3,(H,15,16). The summed E-state index contributed by atoms with van der Waals surface area (Å²) in [4.78, 5) is 13.8. The predicted octanol–water partition coefficient (Wildman–Crippen LogP) is 1.40. The van der Waals surface area contributed by atoms with Crippen molar-refractivity contribution in [3.63, 3.8) is 0 Å². The summed E-state index contributed by atoms with van der Waals surface area (Å²) in [6.07, 6.45) is 3.54. The average Bonchev–Trinajstić information content (AvgIpc) is 3.08. The summed E-state index contributed by atoms with van der Waals surface area (Å²) >= 11 is 0. The van der Waals surface area contributed by atoms with E-state index in [0.717, 1.165) is 24.2 Å². The van der Waals surface area contributed by atoms with Crippen molar-refractivity contribution in [3.8, 4) is 0 Å². The number of rotatable bonds is 4. The van der Waals surface area contributed by atoms with E-state index >= 15 is 0 Å². The molecule has 0 saturated carbocycles. The molecule has 2 aromatic rings. The zero-order chi connectivity index (χ0) is 14.1. The number of hydrogen-bond donors (Lipinski definition) is 1. The maximum atomic E-state index is 12.1. The summed E-state index contributed by atoms with van der Waals surface area (Å²) in [7, 11) is 1.79. The van der Waals surface area contributed by atoms with Crippen molar-refractivity contribution in [3.05, 3.63) is 34.5 Å². The third kappa shape index (κ3) is 2.45. The highest BCUT2D eigenvalue weighted by molar-refractivity contribution is 5.77. The molecule has 0 unspecified atom stereocenters. The maximum Gasteiger partial charge on any atom is 0.230 e. The summed E-state index contributed by atoms with van der Waals surface area (Å²) in [6.45, 7) is 2.38. The molecule has 20 heavy (non-hydrogen) atoms. The van der Waals surface area contributed by atoms with Crippen LogP contribution in [-0.2, 0) is 30.6 Å². The van der Waals surface area contributed by atoms with Crippen LogP contribution in [0.15, 0.2) is 10.6 Å². The second-order valence-electron chi connectivity index (χ2n) is 5.34. The van der Waals surface area contributed by atoms with Gasteiger partial charge in [-0.3, -0.25) is 9.89 Å². The van der Waals surface area contributed by atoms with Crippen LogP contribution < -0.4 is 0 Å². The number of hydrogen-bond acceptors (Lipinski definition) is 4. The molecule has 6 nitrogen and oxygen atoms in total. The Morgan fingerprint density at radius 2 is 2.35 bits per heavy atom. The van der Waals surface area contributed by atoms with Crippen molar-refractivity contribution in [2.75, 3.05) is 7.05 Å². The minimum absolute atomic E-state index is 0.0101. The Morgan fingerprint density at radius 3 is 3.10 bits per heavy atom. The topological polar surface area (TPSA) is 75.0 Å². The second-order valence-corrected chi connectivity index (χ2v) is 5.34. The predicted molar refractivity (Wildman–Crippen MR) is 72.0 cm³/mol. The van der Waals surface area contributed by atoms with Gasteiger partial charge in [-0.2, -0.15) is 5.10 Å². The molecular formula is C14H18N4O2. The highest BCUT2D eigenvalue weighted by atomic mass is 16.5. The van der Waals surface area contributed by atoms with Crippen LogP contribution >= 0.6 is 0 Å². The summed E-state index contributed by atoms with van der Waals surface area (Å²) in [5.74, 6) is 0.613. The average molecular weight is 274 g/mol. The molecule has 0 fully saturated rings. The third-order valence-electron chi connectivity index (χ3n) is 3.71. The van der Waals surface area contributed by atoms with E-state index in [1.807, 2.05) is 6.92 Å². The number of nitrogens with zero attached hydrogens (tertiary/aromatic N) is 3. The highest BCUT2D eigenvalue weighted by Crippen LogP contribution is 2.23. The number of aromatic amines is 1. The lowest BCUT2D eigenvalue weighted by Crippen LogP contribution is -2.28. The molecule has 0 aliphatic heterocycles. The van der Waals surface area contributed by atoms with Crippen molar-refractivity contribution in [1.82, 2.24) is 20.3 Å². The molecule has 1 amide bonds. The highest BCUT2D eigenvalue weighted by Gasteiger charge is 2.21. The van der Waals surface area contributed by atoms with E-state index < -0.39 is 0 Å². The number of H-pyrrole nitrogens is 1. The van der Waals surface area contributed by atoms with Gasteiger partial charge in [-0.25, -0.2) is 0 Å². The Kier molecular flexibility index (Phi) is 3.30. The van der Waals surface area contributed by atoms with Gasteiger partial charge in [0.1, 0.15) is 5.76 Å². The van der Waals surface area contributed by atoms with E-state index in [0.29, 0.717) is 12.3 Å². The molecule has 2 heterocycles. The lowest BCUT2D eigenvalue weighted by atomic mass is 10.2. The number of amides is 1. The fourth-order valence-corrected chi connectivity index (χ4v) is 2.62. The Morgan fingerprint density at radius 1 is 1.50 bits per heavy atom. The van der Waals surface area contributed by atoms with E-state index in [9.17, 15) is 4.79 Å². The first kappa shape index (κ1) is 12.9. The lowest BCUT2D eigenvalue weighted by molar-refractivity contribution is -0.130. The van der Waals surface area contributed by atoms with Gasteiger partial charge in [0.05, 0.1) is 24.4 Å². The van der Waals surface area contributed by atoms with Crippen molar-refractivity contribution in [1.29, 1.82) is 0 Å². The molecule has 1 aliphatic carbocycles. The Balaban J connectivity index is 1.63. The molecule has 0 aromatic carbocycles. The summed E-state index contributed by atoms with van der Waals surface area (Å²) < 4.78 is 5.08. The monoisotopic (exact) mass is 274 g/mol. The first-order chi connectivity index (χ1) is 9.63. The van der Waals surface area contributed by atoms with Crippen LogP contribution in [0.5, 0.6) is 0 Å². The first-order valence-electron chi connectivity index (χ1n) is 6.84. The van der Waals surface area contributed by atoms with Gasteiger partial charge in [-0.1, -0.05) is 5.16 Å². The molecule has 106 valence electrons. The van der Waals surface area contributed by atoms with Crippen molar-refractivity contribution in [2.45, 2.75) is 39.2 Å². The number of fused-ring (bicyclic) bond motifs is 1. The van der Waals surface area contributed by atoms with Gasteiger partial charge in [-0.05, 0) is 31.7 Å². The fourth-order valence-electron chi connectivity index (χ4n) is 2.62. The number of likely N-dealkylation sites (N-methyl/N-ethyl adjacent to an activating group) is 1. The molecular weight excluding hydrogens is 256 g/mol. The smallest absolute Gasteiger partial charge is 0.230 e. The van der Waals surface area contributed by atoms with E-state index in [1.54, 1.807) is 18.0 Å². The normalized spacial score (nSPS) is 13.5.